The van der Waals surface area contributed by atoms with Crippen molar-refractivity contribution in [3.8, 4) is 5.75 Å². The van der Waals surface area contributed by atoms with Gasteiger partial charge >= 0.3 is 0 Å². The molecule has 3 nitrogen and oxygen atoms in total. The third-order valence-electron chi connectivity index (χ3n) is 4.18. The molecule has 0 bridgehead atoms. The van der Waals surface area contributed by atoms with Gasteiger partial charge in [-0.2, -0.15) is 0 Å². The molecule has 0 aliphatic heterocycles. The number of ether oxygens (including phenoxy) is 1. The quantitative estimate of drug-likeness (QED) is 0.813. The molecule has 1 aliphatic carbocycles. The summed E-state index contributed by atoms with van der Waals surface area (Å²) in [5.74, 6) is 0.937. The maximum absolute atomic E-state index is 6.00. The number of hydrogen-bond acceptors (Lipinski definition) is 3. The van der Waals surface area contributed by atoms with E-state index in [-0.39, 0.29) is 5.41 Å². The minimum absolute atomic E-state index is 0.252. The molecule has 3 N–H and O–H groups in total. The van der Waals surface area contributed by atoms with Gasteiger partial charge < -0.3 is 15.8 Å². The molecule has 0 amide bonds. The van der Waals surface area contributed by atoms with Crippen LogP contribution < -0.4 is 15.8 Å². The molecule has 2 rings (SSSR count). The molecule has 18 heavy (non-hydrogen) atoms. The lowest BCUT2D eigenvalue weighted by molar-refractivity contribution is 0.0879. The summed E-state index contributed by atoms with van der Waals surface area (Å²) >= 11 is 0. The molecule has 0 aromatic heterocycles. The lowest BCUT2D eigenvalue weighted by atomic mass is 9.62. The molecule has 1 aromatic rings. The molecule has 0 radical (unpaired) electrons. The first-order valence-electron chi connectivity index (χ1n) is 6.86. The fourth-order valence-corrected chi connectivity index (χ4v) is 2.99. The maximum atomic E-state index is 6.00. The second-order valence-electron chi connectivity index (χ2n) is 5.14. The van der Waals surface area contributed by atoms with Gasteiger partial charge in [0.2, 0.25) is 0 Å². The smallest absolute Gasteiger partial charge is 0.119 e. The van der Waals surface area contributed by atoms with Crippen molar-refractivity contribution in [1.82, 2.24) is 5.32 Å². The molecule has 100 valence electrons. The van der Waals surface area contributed by atoms with E-state index in [0.29, 0.717) is 12.6 Å². The minimum Gasteiger partial charge on any atom is -0.494 e. The average molecular weight is 248 g/mol. The van der Waals surface area contributed by atoms with E-state index in [4.69, 9.17) is 10.5 Å². The highest BCUT2D eigenvalue weighted by Crippen LogP contribution is 2.49. The van der Waals surface area contributed by atoms with E-state index in [0.717, 1.165) is 12.3 Å². The molecule has 1 atom stereocenters. The lowest BCUT2D eigenvalue weighted by Gasteiger charge is -2.47. The summed E-state index contributed by atoms with van der Waals surface area (Å²) in [5, 5.41) is 3.44. The summed E-state index contributed by atoms with van der Waals surface area (Å²) in [6.45, 7) is 3.47. The van der Waals surface area contributed by atoms with Crippen LogP contribution >= 0.6 is 0 Å². The van der Waals surface area contributed by atoms with Gasteiger partial charge in [-0.05, 0) is 51.1 Å². The standard InChI is InChI=1S/C15H24N2O/c1-3-18-13-7-5-12(6-8-13)14(17-2)15(11-16)9-4-10-15/h5-8,14,17H,3-4,9-11,16H2,1-2H3. The summed E-state index contributed by atoms with van der Waals surface area (Å²) in [6.07, 6.45) is 3.75. The van der Waals surface area contributed by atoms with E-state index in [2.05, 4.69) is 17.4 Å². The largest absolute Gasteiger partial charge is 0.494 e. The molecule has 1 unspecified atom stereocenters. The molecule has 0 saturated heterocycles. The van der Waals surface area contributed by atoms with Crippen molar-refractivity contribution >= 4 is 0 Å². The normalized spacial score (nSPS) is 19.1. The van der Waals surface area contributed by atoms with E-state index in [1.807, 2.05) is 26.1 Å². The summed E-state index contributed by atoms with van der Waals surface area (Å²) in [6, 6.07) is 8.76. The van der Waals surface area contributed by atoms with Crippen LogP contribution in [0.2, 0.25) is 0 Å². The van der Waals surface area contributed by atoms with E-state index in [1.54, 1.807) is 0 Å². The van der Waals surface area contributed by atoms with Gasteiger partial charge in [-0.25, -0.2) is 0 Å². The fourth-order valence-electron chi connectivity index (χ4n) is 2.99. The first-order chi connectivity index (χ1) is 8.75. The second kappa shape index (κ2) is 5.72. The van der Waals surface area contributed by atoms with Crippen LogP contribution in [-0.4, -0.2) is 20.2 Å². The zero-order chi connectivity index (χ0) is 13.0. The highest BCUT2D eigenvalue weighted by atomic mass is 16.5. The number of hydrogen-bond donors (Lipinski definition) is 2. The molecule has 1 saturated carbocycles. The van der Waals surface area contributed by atoms with E-state index in [9.17, 15) is 0 Å². The Morgan fingerprint density at radius 3 is 2.39 bits per heavy atom. The maximum Gasteiger partial charge on any atom is 0.119 e. The van der Waals surface area contributed by atoms with Gasteiger partial charge in [0, 0.05) is 11.5 Å². The number of benzene rings is 1. The Hall–Kier alpha value is -1.06. The fraction of sp³-hybridized carbons (Fsp3) is 0.600. The summed E-state index contributed by atoms with van der Waals surface area (Å²) in [5.41, 5.74) is 7.56. The van der Waals surface area contributed by atoms with E-state index >= 15 is 0 Å². The SMILES string of the molecule is CCOc1ccc(C(NC)C2(CN)CCC2)cc1. The number of nitrogens with one attached hydrogen (secondary N) is 1. The van der Waals surface area contributed by atoms with Crippen LogP contribution in [0.5, 0.6) is 5.75 Å². The van der Waals surface area contributed by atoms with Crippen molar-refractivity contribution in [1.29, 1.82) is 0 Å². The first kappa shape index (κ1) is 13.4. The van der Waals surface area contributed by atoms with Crippen molar-refractivity contribution in [2.45, 2.75) is 32.2 Å². The Bertz CT molecular complexity index is 365. The topological polar surface area (TPSA) is 47.3 Å². The zero-order valence-electron chi connectivity index (χ0n) is 11.4. The summed E-state index contributed by atoms with van der Waals surface area (Å²) in [7, 11) is 2.02. The lowest BCUT2D eigenvalue weighted by Crippen LogP contribution is -2.47. The Labute approximate surface area is 110 Å². The van der Waals surface area contributed by atoms with Gasteiger partial charge in [-0.1, -0.05) is 18.6 Å². The predicted octanol–water partition coefficient (Wildman–Crippen LogP) is 2.47. The molecule has 1 aromatic carbocycles. The number of nitrogens with two attached hydrogens (primary N) is 1. The molecular formula is C15H24N2O. The van der Waals surface area contributed by atoms with Crippen LogP contribution in [0, 0.1) is 5.41 Å². The first-order valence-corrected chi connectivity index (χ1v) is 6.86. The van der Waals surface area contributed by atoms with Crippen LogP contribution in [0.4, 0.5) is 0 Å². The molecule has 1 aliphatic rings. The van der Waals surface area contributed by atoms with Gasteiger partial charge in [-0.3, -0.25) is 0 Å². The van der Waals surface area contributed by atoms with Gasteiger partial charge in [0.25, 0.3) is 0 Å². The Balaban J connectivity index is 2.17. The van der Waals surface area contributed by atoms with E-state index in [1.165, 1.54) is 24.8 Å². The van der Waals surface area contributed by atoms with Crippen molar-refractivity contribution in [2.24, 2.45) is 11.1 Å². The predicted molar refractivity (Wildman–Crippen MR) is 74.8 cm³/mol. The summed E-state index contributed by atoms with van der Waals surface area (Å²) < 4.78 is 5.48. The monoisotopic (exact) mass is 248 g/mol. The van der Waals surface area contributed by atoms with Crippen molar-refractivity contribution in [3.05, 3.63) is 29.8 Å². The van der Waals surface area contributed by atoms with Crippen LogP contribution in [0.3, 0.4) is 0 Å². The van der Waals surface area contributed by atoms with Crippen LogP contribution in [0.15, 0.2) is 24.3 Å². The molecule has 3 heteroatoms. The van der Waals surface area contributed by atoms with E-state index < -0.39 is 0 Å². The average Bonchev–Trinajstić information content (AvgIpc) is 2.35. The molecule has 1 fully saturated rings. The second-order valence-corrected chi connectivity index (χ2v) is 5.14. The zero-order valence-corrected chi connectivity index (χ0v) is 11.4. The highest BCUT2D eigenvalue weighted by molar-refractivity contribution is 5.31. The Morgan fingerprint density at radius 2 is 2.00 bits per heavy atom. The van der Waals surface area contributed by atoms with Crippen LogP contribution in [0.25, 0.3) is 0 Å². The molecule has 0 heterocycles. The van der Waals surface area contributed by atoms with Crippen LogP contribution in [0.1, 0.15) is 37.8 Å². The third kappa shape index (κ3) is 2.38. The number of rotatable bonds is 6. The molecular weight excluding hydrogens is 224 g/mol. The van der Waals surface area contributed by atoms with Crippen LogP contribution in [-0.2, 0) is 0 Å². The third-order valence-corrected chi connectivity index (χ3v) is 4.18. The Kier molecular flexibility index (Phi) is 4.25. The molecule has 0 spiro atoms. The van der Waals surface area contributed by atoms with Crippen molar-refractivity contribution in [2.75, 3.05) is 20.2 Å². The Morgan fingerprint density at radius 1 is 1.33 bits per heavy atom. The minimum atomic E-state index is 0.252. The van der Waals surface area contributed by atoms with Gasteiger partial charge in [0.15, 0.2) is 0 Å². The van der Waals surface area contributed by atoms with Gasteiger partial charge in [0.05, 0.1) is 6.61 Å². The van der Waals surface area contributed by atoms with Crippen molar-refractivity contribution < 1.29 is 4.74 Å². The highest BCUT2D eigenvalue weighted by Gasteiger charge is 2.42. The van der Waals surface area contributed by atoms with Gasteiger partial charge in [-0.15, -0.1) is 0 Å². The van der Waals surface area contributed by atoms with Gasteiger partial charge in [0.1, 0.15) is 5.75 Å². The summed E-state index contributed by atoms with van der Waals surface area (Å²) in [4.78, 5) is 0. The van der Waals surface area contributed by atoms with Crippen molar-refractivity contribution in [3.63, 3.8) is 0 Å².